The van der Waals surface area contributed by atoms with Crippen LogP contribution in [-0.4, -0.2) is 45.3 Å². The van der Waals surface area contributed by atoms with E-state index < -0.39 is 0 Å². The number of halogens is 1. The van der Waals surface area contributed by atoms with E-state index in [1.807, 2.05) is 0 Å². The first-order valence-corrected chi connectivity index (χ1v) is 7.71. The van der Waals surface area contributed by atoms with Crippen LogP contribution < -0.4 is 0 Å². The van der Waals surface area contributed by atoms with Crippen molar-refractivity contribution in [3.8, 4) is 0 Å². The topological polar surface area (TPSA) is 30.3 Å². The molecule has 1 fully saturated rings. The largest absolute Gasteiger partial charge is 0.374 e. The fourth-order valence-electron chi connectivity index (χ4n) is 2.40. The van der Waals surface area contributed by atoms with Gasteiger partial charge in [-0.3, -0.25) is 9.58 Å². The summed E-state index contributed by atoms with van der Waals surface area (Å²) in [6.45, 7) is 10.1. The second-order valence-corrected chi connectivity index (χ2v) is 5.63. The fourth-order valence-corrected chi connectivity index (χ4v) is 2.79. The summed E-state index contributed by atoms with van der Waals surface area (Å²) in [7, 11) is 0. The molecule has 0 aliphatic carbocycles. The molecule has 0 radical (unpaired) electrons. The van der Waals surface area contributed by atoms with E-state index in [2.05, 4.69) is 57.4 Å². The summed E-state index contributed by atoms with van der Waals surface area (Å²) in [5.74, 6) is 0. The maximum absolute atomic E-state index is 5.76. The molecule has 102 valence electrons. The Hall–Kier alpha value is -0.390. The van der Waals surface area contributed by atoms with E-state index in [0.717, 1.165) is 37.3 Å². The zero-order valence-corrected chi connectivity index (χ0v) is 13.0. The highest BCUT2D eigenvalue weighted by atomic mass is 79.9. The molecule has 2 unspecified atom stereocenters. The zero-order chi connectivity index (χ0) is 13.1. The Bertz CT molecular complexity index is 394. The van der Waals surface area contributed by atoms with E-state index >= 15 is 0 Å². The Balaban J connectivity index is 2.06. The number of alkyl halides is 1. The molecule has 0 bridgehead atoms. The van der Waals surface area contributed by atoms with Crippen LogP contribution in [0.15, 0.2) is 6.07 Å². The average Bonchev–Trinajstić information content (AvgIpc) is 2.72. The highest BCUT2D eigenvalue weighted by Crippen LogP contribution is 2.17. The number of morpholine rings is 1. The van der Waals surface area contributed by atoms with Crippen LogP contribution >= 0.6 is 15.9 Å². The molecule has 1 aliphatic rings. The maximum Gasteiger partial charge on any atom is 0.0799 e. The Morgan fingerprint density at radius 3 is 3.00 bits per heavy atom. The molecular formula is C13H22BrN3O. The molecule has 4 nitrogen and oxygen atoms in total. The molecule has 0 aromatic carbocycles. The maximum atomic E-state index is 5.76. The predicted molar refractivity (Wildman–Crippen MR) is 76.0 cm³/mol. The third kappa shape index (κ3) is 3.13. The molecule has 0 N–H and O–H groups in total. The lowest BCUT2D eigenvalue weighted by Gasteiger charge is -2.37. The Morgan fingerprint density at radius 1 is 1.56 bits per heavy atom. The van der Waals surface area contributed by atoms with E-state index in [0.29, 0.717) is 12.1 Å². The highest BCUT2D eigenvalue weighted by Gasteiger charge is 2.26. The smallest absolute Gasteiger partial charge is 0.0799 e. The van der Waals surface area contributed by atoms with Crippen molar-refractivity contribution in [3.05, 3.63) is 17.5 Å². The van der Waals surface area contributed by atoms with Crippen molar-refractivity contribution in [3.63, 3.8) is 0 Å². The van der Waals surface area contributed by atoms with E-state index in [1.54, 1.807) is 0 Å². The third-order valence-electron chi connectivity index (χ3n) is 3.46. The number of ether oxygens (including phenoxy) is 1. The normalized spacial score (nSPS) is 25.6. The molecule has 2 atom stereocenters. The molecule has 1 saturated heterocycles. The van der Waals surface area contributed by atoms with Crippen LogP contribution in [0, 0.1) is 6.92 Å². The summed E-state index contributed by atoms with van der Waals surface area (Å²) in [5.41, 5.74) is 2.40. The van der Waals surface area contributed by atoms with Gasteiger partial charge in [0.2, 0.25) is 0 Å². The molecule has 1 aromatic heterocycles. The number of hydrogen-bond acceptors (Lipinski definition) is 3. The lowest BCUT2D eigenvalue weighted by atomic mass is 10.2. The van der Waals surface area contributed by atoms with Crippen molar-refractivity contribution in [2.75, 3.05) is 18.5 Å². The molecule has 0 spiro atoms. The van der Waals surface area contributed by atoms with Gasteiger partial charge in [-0.1, -0.05) is 15.9 Å². The summed E-state index contributed by atoms with van der Waals surface area (Å²) >= 11 is 3.51. The molecule has 0 saturated carbocycles. The fraction of sp³-hybridized carbons (Fsp3) is 0.769. The van der Waals surface area contributed by atoms with Gasteiger partial charge in [0.05, 0.1) is 24.1 Å². The van der Waals surface area contributed by atoms with Crippen molar-refractivity contribution in [1.29, 1.82) is 0 Å². The minimum Gasteiger partial charge on any atom is -0.374 e. The van der Waals surface area contributed by atoms with Crippen molar-refractivity contribution < 1.29 is 4.74 Å². The minimum atomic E-state index is 0.306. The summed E-state index contributed by atoms with van der Waals surface area (Å²) in [6, 6.07) is 2.66. The van der Waals surface area contributed by atoms with E-state index in [4.69, 9.17) is 4.74 Å². The molecule has 2 heterocycles. The summed E-state index contributed by atoms with van der Waals surface area (Å²) < 4.78 is 7.86. The van der Waals surface area contributed by atoms with Gasteiger partial charge in [-0.25, -0.2) is 0 Å². The molecule has 1 aliphatic heterocycles. The van der Waals surface area contributed by atoms with Gasteiger partial charge < -0.3 is 4.74 Å². The summed E-state index contributed by atoms with van der Waals surface area (Å²) in [6.07, 6.45) is 0.306. The Labute approximate surface area is 117 Å². The lowest BCUT2D eigenvalue weighted by molar-refractivity contribution is -0.0507. The van der Waals surface area contributed by atoms with E-state index in [9.17, 15) is 0 Å². The van der Waals surface area contributed by atoms with Crippen LogP contribution in [0.25, 0.3) is 0 Å². The van der Waals surface area contributed by atoms with Crippen molar-refractivity contribution in [1.82, 2.24) is 14.7 Å². The number of rotatable bonds is 4. The predicted octanol–water partition coefficient (Wildman–Crippen LogP) is 2.20. The molecule has 5 heteroatoms. The Morgan fingerprint density at radius 2 is 2.33 bits per heavy atom. The van der Waals surface area contributed by atoms with Crippen LogP contribution in [0.1, 0.15) is 25.2 Å². The van der Waals surface area contributed by atoms with Gasteiger partial charge in [0.25, 0.3) is 0 Å². The van der Waals surface area contributed by atoms with Gasteiger partial charge in [0.1, 0.15) is 0 Å². The molecule has 1 aromatic rings. The minimum absolute atomic E-state index is 0.306. The SMILES string of the molecule is CCn1nc(C)cc1CN1CC(CBr)OCC1C. The van der Waals surface area contributed by atoms with Gasteiger partial charge in [-0.2, -0.15) is 5.10 Å². The number of nitrogens with zero attached hydrogens (tertiary/aromatic N) is 3. The second kappa shape index (κ2) is 6.17. The van der Waals surface area contributed by atoms with Gasteiger partial charge in [-0.05, 0) is 26.8 Å². The highest BCUT2D eigenvalue weighted by molar-refractivity contribution is 9.09. The van der Waals surface area contributed by atoms with Crippen LogP contribution in [0.5, 0.6) is 0 Å². The quantitative estimate of drug-likeness (QED) is 0.798. The van der Waals surface area contributed by atoms with E-state index in [-0.39, 0.29) is 0 Å². The number of aryl methyl sites for hydroxylation is 2. The number of hydrogen-bond donors (Lipinski definition) is 0. The van der Waals surface area contributed by atoms with Crippen LogP contribution in [0.3, 0.4) is 0 Å². The Kier molecular flexibility index (Phi) is 4.81. The van der Waals surface area contributed by atoms with Gasteiger partial charge >= 0.3 is 0 Å². The standard InChI is InChI=1S/C13H22BrN3O/c1-4-17-12(5-10(2)15-17)7-16-8-13(6-14)18-9-11(16)3/h5,11,13H,4,6-9H2,1-3H3. The van der Waals surface area contributed by atoms with E-state index in [1.165, 1.54) is 5.69 Å². The zero-order valence-electron chi connectivity index (χ0n) is 11.4. The first-order chi connectivity index (χ1) is 8.63. The second-order valence-electron chi connectivity index (χ2n) is 4.98. The van der Waals surface area contributed by atoms with Crippen LogP contribution in [-0.2, 0) is 17.8 Å². The first kappa shape index (κ1) is 14.0. The van der Waals surface area contributed by atoms with Crippen molar-refractivity contribution in [2.45, 2.75) is 46.0 Å². The molecular weight excluding hydrogens is 294 g/mol. The van der Waals surface area contributed by atoms with Gasteiger partial charge in [0.15, 0.2) is 0 Å². The van der Waals surface area contributed by atoms with Crippen molar-refractivity contribution in [2.24, 2.45) is 0 Å². The third-order valence-corrected chi connectivity index (χ3v) is 4.18. The molecule has 18 heavy (non-hydrogen) atoms. The summed E-state index contributed by atoms with van der Waals surface area (Å²) in [5, 5.41) is 5.41. The lowest BCUT2D eigenvalue weighted by Crippen LogP contribution is -2.48. The van der Waals surface area contributed by atoms with Crippen molar-refractivity contribution >= 4 is 15.9 Å². The molecule has 2 rings (SSSR count). The number of aromatic nitrogens is 2. The van der Waals surface area contributed by atoms with Crippen LogP contribution in [0.2, 0.25) is 0 Å². The van der Waals surface area contributed by atoms with Gasteiger partial charge in [0, 0.05) is 31.0 Å². The average molecular weight is 316 g/mol. The summed E-state index contributed by atoms with van der Waals surface area (Å²) in [4.78, 5) is 2.48. The van der Waals surface area contributed by atoms with Crippen LogP contribution in [0.4, 0.5) is 0 Å². The molecule has 0 amide bonds. The monoisotopic (exact) mass is 315 g/mol. The first-order valence-electron chi connectivity index (χ1n) is 6.59. The van der Waals surface area contributed by atoms with Gasteiger partial charge in [-0.15, -0.1) is 0 Å².